The van der Waals surface area contributed by atoms with Crippen molar-refractivity contribution in [3.63, 3.8) is 0 Å². The molecule has 0 spiro atoms. The van der Waals surface area contributed by atoms with Crippen molar-refractivity contribution >= 4 is 72.8 Å². The van der Waals surface area contributed by atoms with Crippen molar-refractivity contribution < 1.29 is 27.2 Å². The summed E-state index contributed by atoms with van der Waals surface area (Å²) in [5.41, 5.74) is 2.76. The fraction of sp³-hybridized carbons (Fsp3) is 0.176. The molecule has 238 valence electrons. The molecule has 0 fully saturated rings. The number of furan rings is 1. The van der Waals surface area contributed by atoms with Crippen LogP contribution in [0, 0.1) is 6.92 Å². The Hall–Kier alpha value is -3.67. The largest absolute Gasteiger partial charge is 0.462 e. The second-order valence-corrected chi connectivity index (χ2v) is 14.2. The van der Waals surface area contributed by atoms with Crippen LogP contribution in [0.3, 0.4) is 0 Å². The van der Waals surface area contributed by atoms with E-state index in [4.69, 9.17) is 32.4 Å². The average molecular weight is 744 g/mol. The minimum Gasteiger partial charge on any atom is -0.462 e. The van der Waals surface area contributed by atoms with Crippen LogP contribution in [0.2, 0.25) is 10.0 Å². The molecule has 8 nitrogen and oxygen atoms in total. The molecule has 0 unspecified atom stereocenters. The molecule has 46 heavy (non-hydrogen) atoms. The predicted molar refractivity (Wildman–Crippen MR) is 182 cm³/mol. The van der Waals surface area contributed by atoms with Crippen LogP contribution >= 0.6 is 39.1 Å². The zero-order valence-corrected chi connectivity index (χ0v) is 29.0. The van der Waals surface area contributed by atoms with E-state index >= 15 is 0 Å². The fourth-order valence-corrected chi connectivity index (χ4v) is 6.96. The van der Waals surface area contributed by atoms with Crippen LogP contribution < -0.4 is 4.90 Å². The molecule has 4 aromatic rings. The van der Waals surface area contributed by atoms with Crippen LogP contribution in [-0.2, 0) is 37.4 Å². The van der Waals surface area contributed by atoms with Gasteiger partial charge in [0.2, 0.25) is 10.0 Å². The Balaban J connectivity index is 1.49. The summed E-state index contributed by atoms with van der Waals surface area (Å²) in [7, 11) is -3.98. The van der Waals surface area contributed by atoms with E-state index in [9.17, 15) is 18.0 Å². The number of hydrogen-bond acceptors (Lipinski definition) is 6. The Morgan fingerprint density at radius 3 is 2.30 bits per heavy atom. The molecule has 0 N–H and O–H groups in total. The maximum atomic E-state index is 13.8. The van der Waals surface area contributed by atoms with Gasteiger partial charge < -0.3 is 9.15 Å². The minimum absolute atomic E-state index is 0.0141. The molecule has 0 bridgehead atoms. The SMILES string of the molecule is CCOC(=O)C1=C(C)N(c2ccc(Br)cc2)C(=O)/C1=C/c1ccc(CN(Cc2ccc(Cl)c(Cl)c2)S(=O)(=O)c2ccc(C)cc2)o1. The van der Waals surface area contributed by atoms with Gasteiger partial charge >= 0.3 is 5.97 Å². The Bertz CT molecular complexity index is 1970. The van der Waals surface area contributed by atoms with Gasteiger partial charge in [-0.05, 0) is 93.1 Å². The molecule has 0 aliphatic carbocycles. The van der Waals surface area contributed by atoms with Gasteiger partial charge in [0, 0.05) is 22.4 Å². The monoisotopic (exact) mass is 742 g/mol. The van der Waals surface area contributed by atoms with Gasteiger partial charge in [-0.25, -0.2) is 13.2 Å². The highest BCUT2D eigenvalue weighted by molar-refractivity contribution is 9.10. The average Bonchev–Trinajstić information content (AvgIpc) is 3.56. The second kappa shape index (κ2) is 14.0. The predicted octanol–water partition coefficient (Wildman–Crippen LogP) is 8.32. The van der Waals surface area contributed by atoms with Crippen LogP contribution in [0.1, 0.15) is 36.5 Å². The Morgan fingerprint density at radius 2 is 1.65 bits per heavy atom. The zero-order valence-electron chi connectivity index (χ0n) is 25.1. The summed E-state index contributed by atoms with van der Waals surface area (Å²) < 4.78 is 41.1. The van der Waals surface area contributed by atoms with E-state index in [0.717, 1.165) is 10.0 Å². The van der Waals surface area contributed by atoms with Crippen LogP contribution in [0.4, 0.5) is 5.69 Å². The number of anilines is 1. The van der Waals surface area contributed by atoms with E-state index in [0.29, 0.717) is 32.8 Å². The molecule has 5 rings (SSSR count). The van der Waals surface area contributed by atoms with Crippen molar-refractivity contribution in [3.05, 3.63) is 133 Å². The topological polar surface area (TPSA) is 97.1 Å². The van der Waals surface area contributed by atoms with E-state index in [1.54, 1.807) is 92.7 Å². The van der Waals surface area contributed by atoms with E-state index in [1.165, 1.54) is 15.3 Å². The van der Waals surface area contributed by atoms with Gasteiger partial charge in [0.1, 0.15) is 11.5 Å². The number of rotatable bonds is 10. The first kappa shape index (κ1) is 33.7. The molecule has 1 aliphatic rings. The van der Waals surface area contributed by atoms with Crippen LogP contribution in [0.5, 0.6) is 0 Å². The number of hydrogen-bond donors (Lipinski definition) is 0. The highest BCUT2D eigenvalue weighted by Gasteiger charge is 2.38. The normalized spacial score (nSPS) is 14.5. The summed E-state index contributed by atoms with van der Waals surface area (Å²) >= 11 is 15.7. The third-order valence-electron chi connectivity index (χ3n) is 7.27. The van der Waals surface area contributed by atoms with Gasteiger partial charge in [-0.1, -0.05) is 62.9 Å². The number of allylic oxidation sites excluding steroid dienone is 1. The lowest BCUT2D eigenvalue weighted by molar-refractivity contribution is -0.138. The molecule has 0 saturated carbocycles. The Labute approximate surface area is 286 Å². The third-order valence-corrected chi connectivity index (χ3v) is 10.3. The summed E-state index contributed by atoms with van der Waals surface area (Å²) in [6.45, 7) is 5.23. The lowest BCUT2D eigenvalue weighted by Crippen LogP contribution is -2.30. The maximum absolute atomic E-state index is 13.8. The number of amides is 1. The number of esters is 1. The van der Waals surface area contributed by atoms with Crippen molar-refractivity contribution in [2.45, 2.75) is 38.8 Å². The molecule has 3 aromatic carbocycles. The molecular formula is C34H29BrCl2N2O6S. The highest BCUT2D eigenvalue weighted by Crippen LogP contribution is 2.36. The quantitative estimate of drug-likeness (QED) is 0.120. The van der Waals surface area contributed by atoms with Gasteiger partial charge in [0.25, 0.3) is 5.91 Å². The van der Waals surface area contributed by atoms with Gasteiger partial charge in [-0.2, -0.15) is 4.31 Å². The number of halogens is 3. The minimum atomic E-state index is -3.98. The highest BCUT2D eigenvalue weighted by atomic mass is 79.9. The Morgan fingerprint density at radius 1 is 0.957 bits per heavy atom. The molecule has 12 heteroatoms. The van der Waals surface area contributed by atoms with Crippen molar-refractivity contribution in [2.24, 2.45) is 0 Å². The van der Waals surface area contributed by atoms with Gasteiger partial charge in [-0.3, -0.25) is 9.69 Å². The molecule has 1 aromatic heterocycles. The van der Waals surface area contributed by atoms with Crippen molar-refractivity contribution in [1.82, 2.24) is 4.31 Å². The molecule has 1 amide bonds. The molecule has 2 heterocycles. The molecule has 0 radical (unpaired) electrons. The number of ether oxygens (including phenoxy) is 1. The molecule has 0 saturated heterocycles. The number of sulfonamides is 1. The van der Waals surface area contributed by atoms with E-state index in [1.807, 2.05) is 6.92 Å². The lowest BCUT2D eigenvalue weighted by Gasteiger charge is -2.22. The van der Waals surface area contributed by atoms with Gasteiger partial charge in [0.05, 0.1) is 39.2 Å². The smallest absolute Gasteiger partial charge is 0.340 e. The van der Waals surface area contributed by atoms with Gasteiger partial charge in [0.15, 0.2) is 0 Å². The molecule has 0 atom stereocenters. The van der Waals surface area contributed by atoms with E-state index in [-0.39, 0.29) is 41.5 Å². The number of aryl methyl sites for hydroxylation is 1. The standard InChI is InChI=1S/C34H29BrCl2N2O6S/c1-4-44-34(41)32-22(3)39(25-10-8-24(35)9-11-25)33(40)29(32)18-26-12-13-27(45-26)20-38(19-23-7-16-30(36)31(37)17-23)46(42,43)28-14-5-21(2)6-15-28/h5-18H,4,19-20H2,1-3H3/b29-18+. The first-order valence-electron chi connectivity index (χ1n) is 14.2. The van der Waals surface area contributed by atoms with E-state index < -0.39 is 21.9 Å². The van der Waals surface area contributed by atoms with Crippen molar-refractivity contribution in [3.8, 4) is 0 Å². The maximum Gasteiger partial charge on any atom is 0.340 e. The van der Waals surface area contributed by atoms with Crippen LogP contribution in [-0.4, -0.2) is 31.2 Å². The number of carbonyl (C=O) groups excluding carboxylic acids is 2. The number of benzene rings is 3. The zero-order chi connectivity index (χ0) is 33.2. The first-order valence-corrected chi connectivity index (χ1v) is 17.2. The van der Waals surface area contributed by atoms with Gasteiger partial charge in [-0.15, -0.1) is 0 Å². The second-order valence-electron chi connectivity index (χ2n) is 10.5. The lowest BCUT2D eigenvalue weighted by atomic mass is 10.1. The first-order chi connectivity index (χ1) is 21.9. The third kappa shape index (κ3) is 7.16. The summed E-state index contributed by atoms with van der Waals surface area (Å²) in [5, 5.41) is 0.659. The summed E-state index contributed by atoms with van der Waals surface area (Å²) in [5.74, 6) is -0.490. The summed E-state index contributed by atoms with van der Waals surface area (Å²) in [6.07, 6.45) is 1.47. The fourth-order valence-electron chi connectivity index (χ4n) is 4.98. The van der Waals surface area contributed by atoms with Crippen molar-refractivity contribution in [2.75, 3.05) is 11.5 Å². The Kier molecular flexibility index (Phi) is 10.2. The van der Waals surface area contributed by atoms with Crippen LogP contribution in [0.25, 0.3) is 6.08 Å². The summed E-state index contributed by atoms with van der Waals surface area (Å²) in [6, 6.07) is 21.9. The molecule has 1 aliphatic heterocycles. The van der Waals surface area contributed by atoms with Crippen molar-refractivity contribution in [1.29, 1.82) is 0 Å². The number of nitrogens with zero attached hydrogens (tertiary/aromatic N) is 2. The number of carbonyl (C=O) groups is 2. The molecular weight excluding hydrogens is 715 g/mol. The van der Waals surface area contributed by atoms with Crippen LogP contribution in [0.15, 0.2) is 109 Å². The van der Waals surface area contributed by atoms with E-state index in [2.05, 4.69) is 15.9 Å². The summed E-state index contributed by atoms with van der Waals surface area (Å²) in [4.78, 5) is 28.3.